The summed E-state index contributed by atoms with van der Waals surface area (Å²) < 4.78 is 5.35. The molecule has 2 aromatic carbocycles. The summed E-state index contributed by atoms with van der Waals surface area (Å²) >= 11 is 0. The Morgan fingerprint density at radius 3 is 2.50 bits per heavy atom. The maximum Gasteiger partial charge on any atom is 0.146 e. The highest BCUT2D eigenvalue weighted by Gasteiger charge is 2.04. The number of hydrogen-bond donors (Lipinski definition) is 0. The largest absolute Gasteiger partial charge is 0.496 e. The predicted molar refractivity (Wildman–Crippen MR) is 74.8 cm³/mol. The van der Waals surface area contributed by atoms with E-state index in [1.165, 1.54) is 0 Å². The van der Waals surface area contributed by atoms with E-state index in [0.29, 0.717) is 0 Å². The van der Waals surface area contributed by atoms with Crippen LogP contribution in [0.25, 0.3) is 16.8 Å². The highest BCUT2D eigenvalue weighted by atomic mass is 16.5. The third-order valence-electron chi connectivity index (χ3n) is 3.04. The number of hydrogen-bond acceptors (Lipinski definition) is 2. The van der Waals surface area contributed by atoms with Crippen molar-refractivity contribution in [1.82, 2.24) is 0 Å². The summed E-state index contributed by atoms with van der Waals surface area (Å²) in [5.41, 5.74) is 1.85. The van der Waals surface area contributed by atoms with E-state index in [0.717, 1.165) is 40.4 Å². The molecule has 0 fully saturated rings. The molecule has 0 saturated heterocycles. The van der Waals surface area contributed by atoms with Crippen LogP contribution in [0.4, 0.5) is 0 Å². The Hall–Kier alpha value is -2.09. The SMILES string of the molecule is CCC(C=O)=Cc1ccc(OC)c2ccccc12. The van der Waals surface area contributed by atoms with Gasteiger partial charge in [-0.3, -0.25) is 4.79 Å². The van der Waals surface area contributed by atoms with Gasteiger partial charge in [-0.15, -0.1) is 0 Å². The fourth-order valence-electron chi connectivity index (χ4n) is 2.02. The van der Waals surface area contributed by atoms with E-state index in [4.69, 9.17) is 4.74 Å². The summed E-state index contributed by atoms with van der Waals surface area (Å²) in [7, 11) is 1.67. The van der Waals surface area contributed by atoms with Gasteiger partial charge >= 0.3 is 0 Å². The average Bonchev–Trinajstić information content (AvgIpc) is 2.44. The normalized spacial score (nSPS) is 11.6. The first-order valence-corrected chi connectivity index (χ1v) is 6.01. The van der Waals surface area contributed by atoms with E-state index >= 15 is 0 Å². The fraction of sp³-hybridized carbons (Fsp3) is 0.188. The molecule has 2 rings (SSSR count). The summed E-state index contributed by atoms with van der Waals surface area (Å²) in [5.74, 6) is 0.854. The Balaban J connectivity index is 2.66. The Labute approximate surface area is 107 Å². The monoisotopic (exact) mass is 240 g/mol. The van der Waals surface area contributed by atoms with E-state index in [-0.39, 0.29) is 0 Å². The molecule has 0 aliphatic carbocycles. The zero-order valence-corrected chi connectivity index (χ0v) is 10.6. The Morgan fingerprint density at radius 2 is 1.89 bits per heavy atom. The topological polar surface area (TPSA) is 26.3 Å². The minimum Gasteiger partial charge on any atom is -0.496 e. The third kappa shape index (κ3) is 2.28. The van der Waals surface area contributed by atoms with Crippen LogP contribution < -0.4 is 4.74 Å². The molecular formula is C16H16O2. The number of fused-ring (bicyclic) bond motifs is 1. The quantitative estimate of drug-likeness (QED) is 0.599. The number of methoxy groups -OCH3 is 1. The zero-order valence-electron chi connectivity index (χ0n) is 10.6. The second-order valence-electron chi connectivity index (χ2n) is 4.09. The number of carbonyl (C=O) groups is 1. The summed E-state index contributed by atoms with van der Waals surface area (Å²) in [5, 5.41) is 2.17. The van der Waals surface area contributed by atoms with Gasteiger partial charge < -0.3 is 4.74 Å². The molecule has 0 spiro atoms. The molecule has 0 saturated carbocycles. The molecule has 0 heterocycles. The first-order chi connectivity index (χ1) is 8.80. The fourth-order valence-corrected chi connectivity index (χ4v) is 2.02. The first-order valence-electron chi connectivity index (χ1n) is 6.01. The number of benzene rings is 2. The second kappa shape index (κ2) is 5.50. The average molecular weight is 240 g/mol. The van der Waals surface area contributed by atoms with Crippen LogP contribution >= 0.6 is 0 Å². The number of aldehydes is 1. The lowest BCUT2D eigenvalue weighted by Crippen LogP contribution is -1.88. The number of ether oxygens (including phenoxy) is 1. The van der Waals surface area contributed by atoms with Gasteiger partial charge in [0.05, 0.1) is 7.11 Å². The molecule has 0 unspecified atom stereocenters. The van der Waals surface area contributed by atoms with Gasteiger partial charge in [-0.1, -0.05) is 37.3 Å². The molecule has 0 aliphatic rings. The van der Waals surface area contributed by atoms with Crippen molar-refractivity contribution in [2.24, 2.45) is 0 Å². The molecular weight excluding hydrogens is 224 g/mol. The van der Waals surface area contributed by atoms with Crippen LogP contribution in [0.15, 0.2) is 42.0 Å². The van der Waals surface area contributed by atoms with E-state index < -0.39 is 0 Å². The molecule has 2 nitrogen and oxygen atoms in total. The van der Waals surface area contributed by atoms with Crippen LogP contribution in [-0.4, -0.2) is 13.4 Å². The number of rotatable bonds is 4. The Kier molecular flexibility index (Phi) is 3.78. The standard InChI is InChI=1S/C16H16O2/c1-3-12(11-17)10-13-8-9-16(18-2)15-7-5-4-6-14(13)15/h4-11H,3H2,1-2H3. The van der Waals surface area contributed by atoms with Crippen molar-refractivity contribution >= 4 is 23.1 Å². The molecule has 0 amide bonds. The van der Waals surface area contributed by atoms with Crippen LogP contribution in [0, 0.1) is 0 Å². The lowest BCUT2D eigenvalue weighted by Gasteiger charge is -2.08. The van der Waals surface area contributed by atoms with Crippen LogP contribution in [0.1, 0.15) is 18.9 Å². The van der Waals surface area contributed by atoms with Crippen LogP contribution in [-0.2, 0) is 4.79 Å². The van der Waals surface area contributed by atoms with Gasteiger partial charge in [0.1, 0.15) is 12.0 Å². The zero-order chi connectivity index (χ0) is 13.0. The van der Waals surface area contributed by atoms with E-state index in [2.05, 4.69) is 0 Å². The number of allylic oxidation sites excluding steroid dienone is 1. The maximum absolute atomic E-state index is 10.9. The lowest BCUT2D eigenvalue weighted by atomic mass is 10.0. The lowest BCUT2D eigenvalue weighted by molar-refractivity contribution is -0.104. The summed E-state index contributed by atoms with van der Waals surface area (Å²) in [6.45, 7) is 1.98. The highest BCUT2D eigenvalue weighted by Crippen LogP contribution is 2.29. The molecule has 0 aliphatic heterocycles. The predicted octanol–water partition coefficient (Wildman–Crippen LogP) is 3.84. The molecule has 0 atom stereocenters. The van der Waals surface area contributed by atoms with Gasteiger partial charge in [0, 0.05) is 5.39 Å². The molecule has 0 bridgehead atoms. The minimum atomic E-state index is 0.740. The maximum atomic E-state index is 10.9. The van der Waals surface area contributed by atoms with Crippen molar-refractivity contribution in [2.45, 2.75) is 13.3 Å². The molecule has 92 valence electrons. The van der Waals surface area contributed by atoms with Crippen LogP contribution in [0.3, 0.4) is 0 Å². The van der Waals surface area contributed by atoms with Crippen molar-refractivity contribution in [3.8, 4) is 5.75 Å². The number of carbonyl (C=O) groups excluding carboxylic acids is 1. The molecule has 2 heteroatoms. The third-order valence-corrected chi connectivity index (χ3v) is 3.04. The molecule has 0 N–H and O–H groups in total. The summed E-state index contributed by atoms with van der Waals surface area (Å²) in [6.07, 6.45) is 3.59. The Bertz CT molecular complexity index is 597. The van der Waals surface area contributed by atoms with Crippen LogP contribution in [0.2, 0.25) is 0 Å². The smallest absolute Gasteiger partial charge is 0.146 e. The summed E-state index contributed by atoms with van der Waals surface area (Å²) in [6, 6.07) is 12.0. The van der Waals surface area contributed by atoms with E-state index in [9.17, 15) is 4.79 Å². The molecule has 0 aromatic heterocycles. The Morgan fingerprint density at radius 1 is 1.17 bits per heavy atom. The second-order valence-corrected chi connectivity index (χ2v) is 4.09. The van der Waals surface area contributed by atoms with E-state index in [1.807, 2.05) is 49.4 Å². The molecule has 18 heavy (non-hydrogen) atoms. The van der Waals surface area contributed by atoms with Crippen molar-refractivity contribution in [2.75, 3.05) is 7.11 Å². The van der Waals surface area contributed by atoms with Crippen molar-refractivity contribution in [1.29, 1.82) is 0 Å². The highest BCUT2D eigenvalue weighted by molar-refractivity contribution is 5.97. The van der Waals surface area contributed by atoms with Gasteiger partial charge in [-0.05, 0) is 35.1 Å². The van der Waals surface area contributed by atoms with Gasteiger partial charge in [-0.2, -0.15) is 0 Å². The van der Waals surface area contributed by atoms with Gasteiger partial charge in [0.15, 0.2) is 0 Å². The van der Waals surface area contributed by atoms with Crippen LogP contribution in [0.5, 0.6) is 5.75 Å². The van der Waals surface area contributed by atoms with Gasteiger partial charge in [0.2, 0.25) is 0 Å². The van der Waals surface area contributed by atoms with Crippen molar-refractivity contribution < 1.29 is 9.53 Å². The molecule has 2 aromatic rings. The van der Waals surface area contributed by atoms with Gasteiger partial charge in [-0.25, -0.2) is 0 Å². The summed E-state index contributed by atoms with van der Waals surface area (Å²) in [4.78, 5) is 10.9. The first kappa shape index (κ1) is 12.4. The molecule has 0 radical (unpaired) electrons. The minimum absolute atomic E-state index is 0.740. The van der Waals surface area contributed by atoms with E-state index in [1.54, 1.807) is 7.11 Å². The van der Waals surface area contributed by atoms with Gasteiger partial charge in [0.25, 0.3) is 0 Å². The van der Waals surface area contributed by atoms with Crippen molar-refractivity contribution in [3.05, 3.63) is 47.5 Å². The van der Waals surface area contributed by atoms with Crippen molar-refractivity contribution in [3.63, 3.8) is 0 Å².